The molecule has 9 heteroatoms. The molecule has 1 fully saturated rings. The summed E-state index contributed by atoms with van der Waals surface area (Å²) < 4.78 is 38.1. The van der Waals surface area contributed by atoms with E-state index in [1.165, 1.54) is 0 Å². The molecule has 146 valence electrons. The van der Waals surface area contributed by atoms with Crippen LogP contribution in [-0.4, -0.2) is 51.4 Å². The zero-order valence-electron chi connectivity index (χ0n) is 14.3. The van der Waals surface area contributed by atoms with Crippen LogP contribution >= 0.6 is 36.4 Å². The van der Waals surface area contributed by atoms with Gasteiger partial charge in [0, 0.05) is 63.4 Å². The molecule has 1 atom stereocenters. The van der Waals surface area contributed by atoms with Crippen molar-refractivity contribution in [3.63, 3.8) is 0 Å². The summed E-state index contributed by atoms with van der Waals surface area (Å²) in [6.07, 6.45) is -4.92. The normalized spacial score (nSPS) is 16.6. The fraction of sp³-hybridized carbons (Fsp3) is 0.625. The second-order valence-corrected chi connectivity index (χ2v) is 6.46. The van der Waals surface area contributed by atoms with Crippen molar-refractivity contribution in [1.82, 2.24) is 10.2 Å². The number of nitrogens with zero attached hydrogens (tertiary/aromatic N) is 2. The second-order valence-electron chi connectivity index (χ2n) is 6.06. The second kappa shape index (κ2) is 10.7. The van der Waals surface area contributed by atoms with Gasteiger partial charge in [-0.25, -0.2) is 0 Å². The summed E-state index contributed by atoms with van der Waals surface area (Å²) >= 11 is 6.39. The largest absolute Gasteiger partial charge is 0.389 e. The van der Waals surface area contributed by atoms with E-state index < -0.39 is 12.6 Å². The van der Waals surface area contributed by atoms with Gasteiger partial charge in [0.25, 0.3) is 0 Å². The van der Waals surface area contributed by atoms with Crippen LogP contribution in [0.4, 0.5) is 18.9 Å². The Hall–Kier alpha value is -0.400. The van der Waals surface area contributed by atoms with E-state index >= 15 is 0 Å². The zero-order chi connectivity index (χ0) is 17.0. The lowest BCUT2D eigenvalue weighted by Crippen LogP contribution is -2.45. The first-order valence-corrected chi connectivity index (χ1v) is 8.14. The Morgan fingerprint density at radius 1 is 1.20 bits per heavy atom. The molecule has 0 saturated carbocycles. The van der Waals surface area contributed by atoms with Crippen molar-refractivity contribution < 1.29 is 13.2 Å². The van der Waals surface area contributed by atoms with Gasteiger partial charge in [-0.3, -0.25) is 4.90 Å². The molecule has 0 amide bonds. The molecule has 1 aromatic rings. The minimum Gasteiger partial charge on any atom is -0.378 e. The van der Waals surface area contributed by atoms with Crippen molar-refractivity contribution in [2.24, 2.45) is 0 Å². The van der Waals surface area contributed by atoms with Crippen LogP contribution in [-0.2, 0) is 0 Å². The standard InChI is InChI=1S/C16H23ClF3N3.2ClH/c1-22(2)12-3-4-13(14(17)11-12)15(5-6-16(18,19)20)23-9-7-21-8-10-23;;/h3-4,11,15,21H,5-10H2,1-2H3;2*1H/t15-;;/m0../s1. The maximum atomic E-state index is 12.7. The number of nitrogens with one attached hydrogen (secondary N) is 1. The van der Waals surface area contributed by atoms with E-state index in [-0.39, 0.29) is 37.3 Å². The van der Waals surface area contributed by atoms with Crippen LogP contribution < -0.4 is 10.2 Å². The van der Waals surface area contributed by atoms with Gasteiger partial charge in [-0.2, -0.15) is 13.2 Å². The minimum atomic E-state index is -4.15. The molecule has 25 heavy (non-hydrogen) atoms. The van der Waals surface area contributed by atoms with Crippen molar-refractivity contribution in [2.75, 3.05) is 45.2 Å². The van der Waals surface area contributed by atoms with Crippen LogP contribution in [0.15, 0.2) is 18.2 Å². The van der Waals surface area contributed by atoms with Crippen molar-refractivity contribution >= 4 is 42.1 Å². The van der Waals surface area contributed by atoms with Gasteiger partial charge in [0.05, 0.1) is 0 Å². The maximum absolute atomic E-state index is 12.7. The van der Waals surface area contributed by atoms with Gasteiger partial charge >= 0.3 is 6.18 Å². The zero-order valence-corrected chi connectivity index (χ0v) is 16.7. The minimum absolute atomic E-state index is 0. The number of rotatable bonds is 5. The molecule has 0 spiro atoms. The molecule has 1 saturated heterocycles. The monoisotopic (exact) mass is 421 g/mol. The molecular weight excluding hydrogens is 398 g/mol. The highest BCUT2D eigenvalue weighted by molar-refractivity contribution is 6.31. The van der Waals surface area contributed by atoms with E-state index in [9.17, 15) is 13.2 Å². The summed E-state index contributed by atoms with van der Waals surface area (Å²) in [6, 6.07) is 5.28. The molecular formula is C16H25Cl3F3N3. The first-order chi connectivity index (χ1) is 10.8. The van der Waals surface area contributed by atoms with Crippen molar-refractivity contribution in [1.29, 1.82) is 0 Å². The van der Waals surface area contributed by atoms with Gasteiger partial charge < -0.3 is 10.2 Å². The Morgan fingerprint density at radius 2 is 1.80 bits per heavy atom. The van der Waals surface area contributed by atoms with Gasteiger partial charge in [0.1, 0.15) is 0 Å². The maximum Gasteiger partial charge on any atom is 0.389 e. The fourth-order valence-corrected chi connectivity index (χ4v) is 3.19. The lowest BCUT2D eigenvalue weighted by atomic mass is 9.98. The van der Waals surface area contributed by atoms with Gasteiger partial charge in [0.2, 0.25) is 0 Å². The van der Waals surface area contributed by atoms with E-state index in [0.29, 0.717) is 5.02 Å². The van der Waals surface area contributed by atoms with Crippen molar-refractivity contribution in [2.45, 2.75) is 25.1 Å². The molecule has 0 aliphatic carbocycles. The predicted molar refractivity (Wildman–Crippen MR) is 103 cm³/mol. The summed E-state index contributed by atoms with van der Waals surface area (Å²) in [7, 11) is 3.81. The molecule has 1 aliphatic heterocycles. The highest BCUT2D eigenvalue weighted by atomic mass is 35.5. The van der Waals surface area contributed by atoms with Crippen LogP contribution in [0.1, 0.15) is 24.4 Å². The van der Waals surface area contributed by atoms with Crippen LogP contribution in [0, 0.1) is 0 Å². The summed E-state index contributed by atoms with van der Waals surface area (Å²) in [5.74, 6) is 0. The molecule has 1 N–H and O–H groups in total. The molecule has 0 bridgehead atoms. The topological polar surface area (TPSA) is 18.5 Å². The van der Waals surface area contributed by atoms with Crippen LogP contribution in [0.3, 0.4) is 0 Å². The lowest BCUT2D eigenvalue weighted by Gasteiger charge is -2.36. The summed E-state index contributed by atoms with van der Waals surface area (Å²) in [6.45, 7) is 3.04. The number of halogens is 6. The number of hydrogen-bond acceptors (Lipinski definition) is 3. The first-order valence-electron chi connectivity index (χ1n) is 7.76. The third-order valence-electron chi connectivity index (χ3n) is 4.15. The summed E-state index contributed by atoms with van der Waals surface area (Å²) in [4.78, 5) is 4.02. The highest BCUT2D eigenvalue weighted by Crippen LogP contribution is 2.36. The smallest absolute Gasteiger partial charge is 0.378 e. The average Bonchev–Trinajstić information content (AvgIpc) is 2.48. The average molecular weight is 423 g/mol. The Labute approximate surface area is 164 Å². The Kier molecular flexibility index (Phi) is 10.5. The number of anilines is 1. The summed E-state index contributed by atoms with van der Waals surface area (Å²) in [5.41, 5.74) is 1.72. The predicted octanol–water partition coefficient (Wildman–Crippen LogP) is 4.54. The Morgan fingerprint density at radius 3 is 2.28 bits per heavy atom. The lowest BCUT2D eigenvalue weighted by molar-refractivity contribution is -0.138. The SMILES string of the molecule is CN(C)c1ccc([C@H](CCC(F)(F)F)N2CCNCC2)c(Cl)c1.Cl.Cl. The Balaban J connectivity index is 0.00000288. The molecule has 1 aliphatic rings. The van der Waals surface area contributed by atoms with Gasteiger partial charge in [-0.15, -0.1) is 24.8 Å². The van der Waals surface area contributed by atoms with E-state index in [0.717, 1.165) is 37.4 Å². The van der Waals surface area contributed by atoms with Crippen LogP contribution in [0.25, 0.3) is 0 Å². The van der Waals surface area contributed by atoms with Crippen molar-refractivity contribution in [3.05, 3.63) is 28.8 Å². The number of piperazine rings is 1. The molecule has 0 radical (unpaired) electrons. The molecule has 0 aromatic heterocycles. The molecule has 0 unspecified atom stereocenters. The molecule has 2 rings (SSSR count). The molecule has 1 heterocycles. The van der Waals surface area contributed by atoms with E-state index in [1.807, 2.05) is 37.2 Å². The van der Waals surface area contributed by atoms with Crippen molar-refractivity contribution in [3.8, 4) is 0 Å². The van der Waals surface area contributed by atoms with Gasteiger partial charge in [0.15, 0.2) is 0 Å². The molecule has 1 aromatic carbocycles. The van der Waals surface area contributed by atoms with Crippen LogP contribution in [0.5, 0.6) is 0 Å². The highest BCUT2D eigenvalue weighted by Gasteiger charge is 2.32. The summed E-state index contributed by atoms with van der Waals surface area (Å²) in [5, 5.41) is 3.76. The third kappa shape index (κ3) is 7.39. The van der Waals surface area contributed by atoms with E-state index in [1.54, 1.807) is 0 Å². The van der Waals surface area contributed by atoms with E-state index in [2.05, 4.69) is 10.2 Å². The van der Waals surface area contributed by atoms with E-state index in [4.69, 9.17) is 11.6 Å². The third-order valence-corrected chi connectivity index (χ3v) is 4.48. The van der Waals surface area contributed by atoms with Crippen LogP contribution in [0.2, 0.25) is 5.02 Å². The number of alkyl halides is 3. The number of benzene rings is 1. The fourth-order valence-electron chi connectivity index (χ4n) is 2.89. The van der Waals surface area contributed by atoms with Gasteiger partial charge in [-0.1, -0.05) is 17.7 Å². The molecule has 3 nitrogen and oxygen atoms in total. The first kappa shape index (κ1) is 24.6. The number of hydrogen-bond donors (Lipinski definition) is 1. The quantitative estimate of drug-likeness (QED) is 0.751. The Bertz CT molecular complexity index is 521. The van der Waals surface area contributed by atoms with Gasteiger partial charge in [-0.05, 0) is 24.1 Å².